The zero-order valence-corrected chi connectivity index (χ0v) is 12.3. The lowest BCUT2D eigenvalue weighted by Crippen LogP contribution is -2.44. The number of likely N-dealkylation sites (N-methyl/N-ethyl adjacent to an activating group) is 1. The fourth-order valence-corrected chi connectivity index (χ4v) is 2.86. The largest absolute Gasteiger partial charge is 0.382 e. The number of hydrogen-bond acceptors (Lipinski definition) is 4. The number of nitrogens with one attached hydrogen (secondary N) is 1. The van der Waals surface area contributed by atoms with Crippen LogP contribution < -0.4 is 10.2 Å². The first-order chi connectivity index (χ1) is 9.81. The van der Waals surface area contributed by atoms with E-state index in [0.29, 0.717) is 6.04 Å². The van der Waals surface area contributed by atoms with E-state index in [0.717, 1.165) is 57.9 Å². The van der Waals surface area contributed by atoms with Crippen molar-refractivity contribution < 1.29 is 4.74 Å². The average Bonchev–Trinajstić information content (AvgIpc) is 2.49. The monoisotopic (exact) mass is 274 g/mol. The van der Waals surface area contributed by atoms with Gasteiger partial charge in [0, 0.05) is 62.9 Å². The van der Waals surface area contributed by atoms with Crippen LogP contribution >= 0.6 is 0 Å². The molecule has 0 aromatic heterocycles. The van der Waals surface area contributed by atoms with Crippen LogP contribution in [0.15, 0.2) is 18.2 Å². The van der Waals surface area contributed by atoms with Gasteiger partial charge in [0.2, 0.25) is 0 Å². The Labute approximate surface area is 121 Å². The van der Waals surface area contributed by atoms with Crippen LogP contribution in [-0.4, -0.2) is 57.4 Å². The molecule has 0 bridgehead atoms. The second-order valence-electron chi connectivity index (χ2n) is 5.78. The quantitative estimate of drug-likeness (QED) is 0.910. The summed E-state index contributed by atoms with van der Waals surface area (Å²) in [6.45, 7) is 6.24. The molecule has 2 heterocycles. The van der Waals surface area contributed by atoms with Crippen molar-refractivity contribution in [2.45, 2.75) is 18.9 Å². The molecule has 1 aromatic rings. The molecule has 0 saturated carbocycles. The Morgan fingerprint density at radius 3 is 2.70 bits per heavy atom. The van der Waals surface area contributed by atoms with Gasteiger partial charge in [-0.25, -0.2) is 0 Å². The summed E-state index contributed by atoms with van der Waals surface area (Å²) in [5.74, 6) is 0. The third-order valence-electron chi connectivity index (χ3n) is 4.23. The van der Waals surface area contributed by atoms with E-state index in [2.05, 4.69) is 40.4 Å². The van der Waals surface area contributed by atoms with Crippen molar-refractivity contribution in [2.75, 3.05) is 56.7 Å². The van der Waals surface area contributed by atoms with E-state index in [4.69, 9.17) is 4.74 Å². The van der Waals surface area contributed by atoms with E-state index >= 15 is 0 Å². The van der Waals surface area contributed by atoms with E-state index in [1.54, 1.807) is 0 Å². The maximum Gasteiger partial charge on any atom is 0.0485 e. The number of anilines is 2. The first-order valence-electron chi connectivity index (χ1n) is 7.61. The van der Waals surface area contributed by atoms with Crippen molar-refractivity contribution in [3.63, 3.8) is 0 Å². The highest BCUT2D eigenvalue weighted by molar-refractivity contribution is 5.58. The third kappa shape index (κ3) is 3.44. The zero-order valence-electron chi connectivity index (χ0n) is 12.3. The van der Waals surface area contributed by atoms with Gasteiger partial charge in [-0.2, -0.15) is 0 Å². The molecule has 109 valence electrons. The molecule has 3 rings (SSSR count). The van der Waals surface area contributed by atoms with Crippen LogP contribution in [0.3, 0.4) is 0 Å². The predicted octanol–water partition coefficient (Wildman–Crippen LogP) is 1.83. The van der Waals surface area contributed by atoms with Gasteiger partial charge in [-0.05, 0) is 32.0 Å². The molecule has 2 saturated heterocycles. The molecule has 2 fully saturated rings. The number of nitrogens with zero attached hydrogens (tertiary/aromatic N) is 2. The van der Waals surface area contributed by atoms with Crippen molar-refractivity contribution in [2.24, 2.45) is 0 Å². The highest BCUT2D eigenvalue weighted by atomic mass is 16.5. The van der Waals surface area contributed by atoms with Crippen LogP contribution in [0.4, 0.5) is 11.4 Å². The molecule has 4 heteroatoms. The van der Waals surface area contributed by atoms with E-state index in [1.165, 1.54) is 5.69 Å². The van der Waals surface area contributed by atoms with Gasteiger partial charge in [-0.3, -0.25) is 0 Å². The maximum absolute atomic E-state index is 5.40. The fraction of sp³-hybridized carbons (Fsp3) is 0.625. The molecular weight excluding hydrogens is 250 g/mol. The van der Waals surface area contributed by atoms with Crippen LogP contribution in [0.2, 0.25) is 0 Å². The van der Waals surface area contributed by atoms with Crippen LogP contribution in [0.1, 0.15) is 12.8 Å². The summed E-state index contributed by atoms with van der Waals surface area (Å²) in [6.07, 6.45) is 2.18. The average molecular weight is 274 g/mol. The Morgan fingerprint density at radius 1 is 1.20 bits per heavy atom. The zero-order chi connectivity index (χ0) is 13.8. The van der Waals surface area contributed by atoms with Gasteiger partial charge in [0.15, 0.2) is 0 Å². The second-order valence-corrected chi connectivity index (χ2v) is 5.78. The topological polar surface area (TPSA) is 27.7 Å². The summed E-state index contributed by atoms with van der Waals surface area (Å²) in [5.41, 5.74) is 2.43. The molecule has 1 N–H and O–H groups in total. The van der Waals surface area contributed by atoms with Crippen LogP contribution in [-0.2, 0) is 4.74 Å². The Hall–Kier alpha value is -1.26. The van der Waals surface area contributed by atoms with Gasteiger partial charge in [0.25, 0.3) is 0 Å². The molecular formula is C16H24N3O. The van der Waals surface area contributed by atoms with Gasteiger partial charge in [-0.15, -0.1) is 0 Å². The lowest BCUT2D eigenvalue weighted by atomic mass is 10.1. The number of ether oxygens (including phenoxy) is 1. The van der Waals surface area contributed by atoms with Gasteiger partial charge in [-0.1, -0.05) is 6.07 Å². The van der Waals surface area contributed by atoms with Crippen LogP contribution in [0.5, 0.6) is 0 Å². The first kappa shape index (κ1) is 13.7. The fourth-order valence-electron chi connectivity index (χ4n) is 2.86. The second kappa shape index (κ2) is 6.46. The van der Waals surface area contributed by atoms with E-state index in [-0.39, 0.29) is 0 Å². The summed E-state index contributed by atoms with van der Waals surface area (Å²) >= 11 is 0. The number of benzene rings is 1. The first-order valence-corrected chi connectivity index (χ1v) is 7.61. The minimum Gasteiger partial charge on any atom is -0.382 e. The molecule has 0 amide bonds. The van der Waals surface area contributed by atoms with Crippen molar-refractivity contribution in [3.8, 4) is 0 Å². The molecule has 0 atom stereocenters. The van der Waals surface area contributed by atoms with Crippen molar-refractivity contribution in [1.29, 1.82) is 0 Å². The molecule has 20 heavy (non-hydrogen) atoms. The van der Waals surface area contributed by atoms with E-state index in [9.17, 15) is 0 Å². The molecule has 1 aromatic carbocycles. The highest BCUT2D eigenvalue weighted by Gasteiger charge is 2.16. The van der Waals surface area contributed by atoms with Crippen LogP contribution in [0.25, 0.3) is 0 Å². The Bertz CT molecular complexity index is 423. The van der Waals surface area contributed by atoms with Crippen molar-refractivity contribution in [3.05, 3.63) is 24.3 Å². The van der Waals surface area contributed by atoms with Crippen LogP contribution in [0, 0.1) is 6.07 Å². The molecule has 0 unspecified atom stereocenters. The lowest BCUT2D eigenvalue weighted by Gasteiger charge is -2.34. The lowest BCUT2D eigenvalue weighted by molar-refractivity contribution is 0.0904. The Kier molecular flexibility index (Phi) is 4.43. The van der Waals surface area contributed by atoms with Gasteiger partial charge in [0.05, 0.1) is 0 Å². The number of piperazine rings is 1. The number of hydrogen-bond donors (Lipinski definition) is 1. The summed E-state index contributed by atoms with van der Waals surface area (Å²) in [5, 5.41) is 3.60. The molecule has 4 nitrogen and oxygen atoms in total. The SMILES string of the molecule is CN1CCN(c2cc[c]c(NC3CCOCC3)c2)CC1. The third-order valence-corrected chi connectivity index (χ3v) is 4.23. The van der Waals surface area contributed by atoms with Gasteiger partial charge in [0.1, 0.15) is 0 Å². The van der Waals surface area contributed by atoms with Gasteiger partial charge >= 0.3 is 0 Å². The normalized spacial score (nSPS) is 21.9. The summed E-state index contributed by atoms with van der Waals surface area (Å²) in [7, 11) is 2.19. The van der Waals surface area contributed by atoms with Crippen molar-refractivity contribution >= 4 is 11.4 Å². The van der Waals surface area contributed by atoms with Gasteiger partial charge < -0.3 is 19.9 Å². The summed E-state index contributed by atoms with van der Waals surface area (Å²) in [4.78, 5) is 4.84. The maximum atomic E-state index is 5.40. The molecule has 2 aliphatic heterocycles. The van der Waals surface area contributed by atoms with E-state index in [1.807, 2.05) is 6.07 Å². The minimum absolute atomic E-state index is 0.530. The smallest absolute Gasteiger partial charge is 0.0485 e. The minimum atomic E-state index is 0.530. The van der Waals surface area contributed by atoms with Crippen molar-refractivity contribution in [1.82, 2.24) is 4.90 Å². The van der Waals surface area contributed by atoms with E-state index < -0.39 is 0 Å². The molecule has 1 radical (unpaired) electrons. The Balaban J connectivity index is 1.63. The Morgan fingerprint density at radius 2 is 1.95 bits per heavy atom. The molecule has 0 spiro atoms. The summed E-state index contributed by atoms with van der Waals surface area (Å²) in [6, 6.07) is 10.3. The standard InChI is InChI=1S/C16H24N3O/c1-18-7-9-19(10-8-18)16-4-2-3-15(13-16)17-14-5-11-20-12-6-14/h2,4,13-14,17H,5-12H2,1H3. The highest BCUT2D eigenvalue weighted by Crippen LogP contribution is 2.22. The molecule has 0 aliphatic carbocycles. The predicted molar refractivity (Wildman–Crippen MR) is 82.5 cm³/mol. The molecule has 2 aliphatic rings. The summed E-state index contributed by atoms with van der Waals surface area (Å²) < 4.78 is 5.40. The number of rotatable bonds is 3.